The van der Waals surface area contributed by atoms with Gasteiger partial charge in [-0.2, -0.15) is 4.99 Å². The molecule has 4 N–H and O–H groups in total. The molecule has 0 spiro atoms. The van der Waals surface area contributed by atoms with Crippen molar-refractivity contribution in [3.05, 3.63) is 29.9 Å². The van der Waals surface area contributed by atoms with E-state index in [1.807, 2.05) is 6.08 Å². The number of rotatable bonds is 4. The highest BCUT2D eigenvalue weighted by molar-refractivity contribution is 7.80. The van der Waals surface area contributed by atoms with Gasteiger partial charge in [0.1, 0.15) is 0 Å². The molecule has 2 atom stereocenters. The molecular weight excluding hydrogens is 284 g/mol. The fourth-order valence-electron chi connectivity index (χ4n) is 1.89. The maximum Gasteiger partial charge on any atom is 0.235 e. The summed E-state index contributed by atoms with van der Waals surface area (Å²) < 4.78 is 0. The third-order valence-electron chi connectivity index (χ3n) is 2.99. The van der Waals surface area contributed by atoms with Gasteiger partial charge in [-0.15, -0.1) is 0 Å². The molecular formula is C15H22N4OS. The van der Waals surface area contributed by atoms with Gasteiger partial charge in [0.25, 0.3) is 0 Å². The summed E-state index contributed by atoms with van der Waals surface area (Å²) in [6, 6.07) is 0.124. The summed E-state index contributed by atoms with van der Waals surface area (Å²) >= 11 is 4.90. The predicted octanol–water partition coefficient (Wildman–Crippen LogP) is 1.77. The van der Waals surface area contributed by atoms with Crippen LogP contribution in [-0.2, 0) is 4.79 Å². The summed E-state index contributed by atoms with van der Waals surface area (Å²) in [5, 5.41) is 0.169. The molecule has 0 heterocycles. The van der Waals surface area contributed by atoms with Gasteiger partial charge in [0.05, 0.1) is 0 Å². The first-order valence-electron chi connectivity index (χ1n) is 7.03. The number of hydrogen-bond donors (Lipinski definition) is 3. The van der Waals surface area contributed by atoms with E-state index in [2.05, 4.69) is 46.9 Å². The SMILES string of the molecule is CCCC(N)C1=CCC(C=C=NC(=S)NNC(C)=O)C=C1. The van der Waals surface area contributed by atoms with Crippen LogP contribution >= 0.6 is 12.2 Å². The Kier molecular flexibility index (Phi) is 7.61. The van der Waals surface area contributed by atoms with E-state index in [0.29, 0.717) is 0 Å². The van der Waals surface area contributed by atoms with Gasteiger partial charge >= 0.3 is 0 Å². The lowest BCUT2D eigenvalue weighted by Gasteiger charge is -2.17. The van der Waals surface area contributed by atoms with Crippen LogP contribution in [0.15, 0.2) is 34.9 Å². The number of nitrogens with two attached hydrogens (primary N) is 1. The fraction of sp³-hybridized carbons (Fsp3) is 0.467. The Morgan fingerprint density at radius 2 is 2.43 bits per heavy atom. The number of hydrogen-bond acceptors (Lipinski definition) is 3. The Morgan fingerprint density at radius 3 is 3.00 bits per heavy atom. The zero-order valence-corrected chi connectivity index (χ0v) is 13.2. The van der Waals surface area contributed by atoms with Crippen molar-refractivity contribution >= 4 is 29.1 Å². The number of hydrazine groups is 1. The first-order chi connectivity index (χ1) is 10.0. The van der Waals surface area contributed by atoms with E-state index in [-0.39, 0.29) is 23.0 Å². The zero-order chi connectivity index (χ0) is 15.7. The summed E-state index contributed by atoms with van der Waals surface area (Å²) in [7, 11) is 0. The molecule has 6 heteroatoms. The molecule has 1 aliphatic rings. The standard InChI is InChI=1S/C15H22N4OS/c1-3-4-14(16)13-7-5-12(6-8-13)9-10-17-15(21)19-18-11(2)20/h5,7-9,12,14H,3-4,6,16H2,1-2H3,(H,18,20)(H,19,21). The number of aliphatic imine (C=N–C) groups is 1. The summed E-state index contributed by atoms with van der Waals surface area (Å²) in [6.07, 6.45) is 11.1. The van der Waals surface area contributed by atoms with Gasteiger partial charge in [-0.1, -0.05) is 31.6 Å². The fourth-order valence-corrected chi connectivity index (χ4v) is 1.99. The number of nitrogens with zero attached hydrogens (tertiary/aromatic N) is 1. The Balaban J connectivity index is 2.45. The first-order valence-corrected chi connectivity index (χ1v) is 7.43. The van der Waals surface area contributed by atoms with E-state index in [9.17, 15) is 4.79 Å². The molecule has 0 aromatic carbocycles. The Bertz CT molecular complexity index is 504. The quantitative estimate of drug-likeness (QED) is 0.420. The third-order valence-corrected chi connectivity index (χ3v) is 3.18. The van der Waals surface area contributed by atoms with Crippen LogP contribution < -0.4 is 16.6 Å². The molecule has 1 amide bonds. The monoisotopic (exact) mass is 306 g/mol. The smallest absolute Gasteiger partial charge is 0.235 e. The van der Waals surface area contributed by atoms with Crippen LogP contribution in [-0.4, -0.2) is 22.9 Å². The van der Waals surface area contributed by atoms with Crippen molar-refractivity contribution in [2.45, 2.75) is 39.2 Å². The van der Waals surface area contributed by atoms with Crippen LogP contribution in [0, 0.1) is 5.92 Å². The average Bonchev–Trinajstić information content (AvgIpc) is 2.46. The van der Waals surface area contributed by atoms with Gasteiger partial charge in [-0.25, -0.2) is 0 Å². The minimum absolute atomic E-state index is 0.124. The van der Waals surface area contributed by atoms with E-state index in [1.165, 1.54) is 12.5 Å². The number of nitrogens with one attached hydrogen (secondary N) is 2. The van der Waals surface area contributed by atoms with Crippen molar-refractivity contribution in [2.75, 3.05) is 0 Å². The van der Waals surface area contributed by atoms with Gasteiger partial charge in [-0.3, -0.25) is 15.6 Å². The van der Waals surface area contributed by atoms with Gasteiger partial charge in [0, 0.05) is 18.9 Å². The normalized spacial score (nSPS) is 18.0. The van der Waals surface area contributed by atoms with E-state index in [0.717, 1.165) is 19.3 Å². The number of carbonyl (C=O) groups excluding carboxylic acids is 1. The Labute approximate surface area is 131 Å². The molecule has 2 unspecified atom stereocenters. The van der Waals surface area contributed by atoms with Crippen LogP contribution in [0.5, 0.6) is 0 Å². The highest BCUT2D eigenvalue weighted by atomic mass is 32.1. The van der Waals surface area contributed by atoms with Crippen molar-refractivity contribution in [1.29, 1.82) is 0 Å². The van der Waals surface area contributed by atoms with E-state index in [1.54, 1.807) is 0 Å². The lowest BCUT2D eigenvalue weighted by Crippen LogP contribution is -2.38. The lowest BCUT2D eigenvalue weighted by molar-refractivity contribution is -0.119. The van der Waals surface area contributed by atoms with Gasteiger partial charge < -0.3 is 5.73 Å². The molecule has 21 heavy (non-hydrogen) atoms. The van der Waals surface area contributed by atoms with Crippen LogP contribution in [0.3, 0.4) is 0 Å². The Morgan fingerprint density at radius 1 is 1.67 bits per heavy atom. The molecule has 0 aromatic rings. The molecule has 1 aliphatic carbocycles. The average molecular weight is 306 g/mol. The highest BCUT2D eigenvalue weighted by Crippen LogP contribution is 2.19. The molecule has 114 valence electrons. The van der Waals surface area contributed by atoms with Crippen molar-refractivity contribution in [2.24, 2.45) is 16.6 Å². The molecule has 0 radical (unpaired) electrons. The first kappa shape index (κ1) is 17.3. The topological polar surface area (TPSA) is 79.5 Å². The van der Waals surface area contributed by atoms with E-state index >= 15 is 0 Å². The summed E-state index contributed by atoms with van der Waals surface area (Å²) in [5.41, 5.74) is 12.1. The number of carbonyl (C=O) groups is 1. The Hall–Kier alpha value is -1.75. The number of amides is 1. The zero-order valence-electron chi connectivity index (χ0n) is 12.4. The van der Waals surface area contributed by atoms with Gasteiger partial charge in [-0.05, 0) is 42.6 Å². The number of allylic oxidation sites excluding steroid dienone is 3. The van der Waals surface area contributed by atoms with Crippen LogP contribution in [0.25, 0.3) is 0 Å². The largest absolute Gasteiger partial charge is 0.324 e. The predicted molar refractivity (Wildman–Crippen MR) is 89.8 cm³/mol. The van der Waals surface area contributed by atoms with Crippen molar-refractivity contribution < 1.29 is 4.79 Å². The molecule has 0 aromatic heterocycles. The minimum atomic E-state index is -0.229. The van der Waals surface area contributed by atoms with E-state index < -0.39 is 0 Å². The third kappa shape index (κ3) is 6.99. The van der Waals surface area contributed by atoms with Gasteiger partial charge in [0.15, 0.2) is 0 Å². The van der Waals surface area contributed by atoms with Crippen LogP contribution in [0.2, 0.25) is 0 Å². The van der Waals surface area contributed by atoms with Crippen LogP contribution in [0.4, 0.5) is 0 Å². The van der Waals surface area contributed by atoms with E-state index in [4.69, 9.17) is 18.0 Å². The van der Waals surface area contributed by atoms with Gasteiger partial charge in [0.2, 0.25) is 11.0 Å². The second-order valence-electron chi connectivity index (χ2n) is 4.88. The second kappa shape index (κ2) is 9.23. The van der Waals surface area contributed by atoms with Crippen molar-refractivity contribution in [3.63, 3.8) is 0 Å². The maximum atomic E-state index is 10.7. The number of thiocarbonyl (C=S) groups is 1. The molecule has 0 bridgehead atoms. The molecule has 0 saturated carbocycles. The maximum absolute atomic E-state index is 10.7. The van der Waals surface area contributed by atoms with Crippen molar-refractivity contribution in [1.82, 2.24) is 10.9 Å². The van der Waals surface area contributed by atoms with Crippen molar-refractivity contribution in [3.8, 4) is 0 Å². The second-order valence-corrected chi connectivity index (χ2v) is 5.26. The molecule has 5 nitrogen and oxygen atoms in total. The molecule has 0 saturated heterocycles. The molecule has 1 rings (SSSR count). The van der Waals surface area contributed by atoms with Crippen LogP contribution in [0.1, 0.15) is 33.1 Å². The lowest BCUT2D eigenvalue weighted by atomic mass is 9.92. The highest BCUT2D eigenvalue weighted by Gasteiger charge is 2.10. The summed E-state index contributed by atoms with van der Waals surface area (Å²) in [6.45, 7) is 3.52. The molecule has 0 fully saturated rings. The summed E-state index contributed by atoms with van der Waals surface area (Å²) in [5.74, 6) is 2.80. The molecule has 0 aliphatic heterocycles. The minimum Gasteiger partial charge on any atom is -0.324 e. The summed E-state index contributed by atoms with van der Waals surface area (Å²) in [4.78, 5) is 14.6.